The molecule has 8 heteroatoms. The van der Waals surface area contributed by atoms with Crippen LogP contribution in [0.5, 0.6) is 0 Å². The molecule has 0 saturated carbocycles. The summed E-state index contributed by atoms with van der Waals surface area (Å²) in [6.45, 7) is 9.24. The highest BCUT2D eigenvalue weighted by Gasteiger charge is 2.31. The van der Waals surface area contributed by atoms with E-state index in [0.29, 0.717) is 6.54 Å². The van der Waals surface area contributed by atoms with Crippen molar-refractivity contribution in [2.45, 2.75) is 32.1 Å². The third-order valence-electron chi connectivity index (χ3n) is 5.60. The molecule has 0 spiro atoms. The van der Waals surface area contributed by atoms with E-state index in [1.807, 2.05) is 9.80 Å². The van der Waals surface area contributed by atoms with E-state index in [4.69, 9.17) is 0 Å². The number of hydrogen-bond donors (Lipinski definition) is 2. The molecule has 3 fully saturated rings. The van der Waals surface area contributed by atoms with Crippen LogP contribution in [0.1, 0.15) is 32.1 Å². The lowest BCUT2D eigenvalue weighted by Gasteiger charge is -2.34. The fourth-order valence-electron chi connectivity index (χ4n) is 4.07. The molecule has 0 radical (unpaired) electrons. The van der Waals surface area contributed by atoms with E-state index in [-0.39, 0.29) is 30.3 Å². The molecule has 3 saturated heterocycles. The van der Waals surface area contributed by atoms with Crippen molar-refractivity contribution in [2.24, 2.45) is 5.92 Å². The molecule has 3 aliphatic rings. The second-order valence-electron chi connectivity index (χ2n) is 7.50. The number of amides is 3. The zero-order valence-electron chi connectivity index (χ0n) is 15.8. The van der Waals surface area contributed by atoms with Crippen molar-refractivity contribution in [3.63, 3.8) is 0 Å². The van der Waals surface area contributed by atoms with Crippen LogP contribution in [-0.2, 0) is 4.79 Å². The lowest BCUT2D eigenvalue weighted by molar-refractivity contribution is -0.126. The van der Waals surface area contributed by atoms with E-state index in [9.17, 15) is 9.59 Å². The quantitative estimate of drug-likeness (QED) is 0.683. The molecule has 26 heavy (non-hydrogen) atoms. The first-order chi connectivity index (χ1) is 12.2. The Balaban J connectivity index is 0.00000243. The molecule has 150 valence electrons. The number of hydrogen-bond acceptors (Lipinski definition) is 4. The molecule has 1 unspecified atom stereocenters. The Kier molecular flexibility index (Phi) is 8.95. The van der Waals surface area contributed by atoms with Crippen molar-refractivity contribution >= 4 is 24.3 Å². The van der Waals surface area contributed by atoms with Crippen LogP contribution in [0, 0.1) is 5.92 Å². The molecule has 2 N–H and O–H groups in total. The highest BCUT2D eigenvalue weighted by Crippen LogP contribution is 2.19. The number of piperazine rings is 1. The molecule has 3 rings (SSSR count). The van der Waals surface area contributed by atoms with Gasteiger partial charge in [0.15, 0.2) is 0 Å². The molecule has 3 aliphatic heterocycles. The Morgan fingerprint density at radius 2 is 1.65 bits per heavy atom. The smallest absolute Gasteiger partial charge is 0.320 e. The van der Waals surface area contributed by atoms with E-state index in [2.05, 4.69) is 15.5 Å². The van der Waals surface area contributed by atoms with Crippen molar-refractivity contribution in [1.82, 2.24) is 25.3 Å². The lowest BCUT2D eigenvalue weighted by atomic mass is 9.97. The summed E-state index contributed by atoms with van der Waals surface area (Å²) in [5.41, 5.74) is 0. The molecular formula is C18H34ClN5O2. The van der Waals surface area contributed by atoms with Crippen molar-refractivity contribution in [3.05, 3.63) is 0 Å². The predicted octanol–water partition coefficient (Wildman–Crippen LogP) is 0.748. The molecule has 0 aliphatic carbocycles. The van der Waals surface area contributed by atoms with Crippen molar-refractivity contribution in [1.29, 1.82) is 0 Å². The first kappa shape index (κ1) is 21.3. The Morgan fingerprint density at radius 1 is 0.962 bits per heavy atom. The van der Waals surface area contributed by atoms with Gasteiger partial charge in [-0.05, 0) is 38.6 Å². The molecule has 3 amide bonds. The van der Waals surface area contributed by atoms with Crippen molar-refractivity contribution in [2.75, 3.05) is 65.4 Å². The third-order valence-corrected chi connectivity index (χ3v) is 5.60. The monoisotopic (exact) mass is 387 g/mol. The second-order valence-corrected chi connectivity index (χ2v) is 7.50. The van der Waals surface area contributed by atoms with Crippen LogP contribution >= 0.6 is 12.4 Å². The summed E-state index contributed by atoms with van der Waals surface area (Å²) in [5, 5.41) is 6.44. The van der Waals surface area contributed by atoms with Crippen LogP contribution in [0.25, 0.3) is 0 Å². The van der Waals surface area contributed by atoms with Gasteiger partial charge in [-0.25, -0.2) is 4.79 Å². The number of carbonyl (C=O) groups excluding carboxylic acids is 2. The standard InChI is InChI=1S/C18H33N5O2.ClH/c24-17(20-6-4-9-21-13-7-19-8-14-21)16-5-3-12-23(15-16)18(25)22-10-1-2-11-22;/h16,19H,1-15H2,(H,20,24);1H. The van der Waals surface area contributed by atoms with Crippen LogP contribution in [0.2, 0.25) is 0 Å². The van der Waals surface area contributed by atoms with E-state index in [1.54, 1.807) is 0 Å². The molecule has 0 aromatic rings. The van der Waals surface area contributed by atoms with Crippen molar-refractivity contribution < 1.29 is 9.59 Å². The summed E-state index contributed by atoms with van der Waals surface area (Å²) < 4.78 is 0. The summed E-state index contributed by atoms with van der Waals surface area (Å²) in [7, 11) is 0. The molecule has 7 nitrogen and oxygen atoms in total. The number of piperidine rings is 1. The Hall–Kier alpha value is -1.05. The summed E-state index contributed by atoms with van der Waals surface area (Å²) >= 11 is 0. The Morgan fingerprint density at radius 3 is 2.38 bits per heavy atom. The maximum atomic E-state index is 12.5. The number of nitrogens with zero attached hydrogens (tertiary/aromatic N) is 3. The van der Waals surface area contributed by atoms with Gasteiger partial charge in [0.2, 0.25) is 5.91 Å². The second kappa shape index (κ2) is 10.9. The zero-order valence-corrected chi connectivity index (χ0v) is 16.6. The van der Waals surface area contributed by atoms with Gasteiger partial charge >= 0.3 is 6.03 Å². The number of halogens is 1. The van der Waals surface area contributed by atoms with E-state index in [0.717, 1.165) is 91.0 Å². The van der Waals surface area contributed by atoms with Gasteiger partial charge in [-0.2, -0.15) is 0 Å². The van der Waals surface area contributed by atoms with Crippen LogP contribution in [0.15, 0.2) is 0 Å². The largest absolute Gasteiger partial charge is 0.356 e. The predicted molar refractivity (Wildman–Crippen MR) is 105 cm³/mol. The first-order valence-electron chi connectivity index (χ1n) is 9.98. The zero-order chi connectivity index (χ0) is 17.5. The number of likely N-dealkylation sites (tertiary alicyclic amines) is 2. The number of rotatable bonds is 5. The maximum absolute atomic E-state index is 12.5. The van der Waals surface area contributed by atoms with Gasteiger partial charge in [0, 0.05) is 58.9 Å². The average Bonchev–Trinajstić information content (AvgIpc) is 3.20. The lowest BCUT2D eigenvalue weighted by Crippen LogP contribution is -2.49. The maximum Gasteiger partial charge on any atom is 0.320 e. The SMILES string of the molecule is Cl.O=C(NCCCN1CCNCC1)C1CCCN(C(=O)N2CCCC2)C1. The van der Waals surface area contributed by atoms with Gasteiger partial charge in [-0.3, -0.25) is 4.79 Å². The van der Waals surface area contributed by atoms with Gasteiger partial charge in [0.25, 0.3) is 0 Å². The van der Waals surface area contributed by atoms with E-state index >= 15 is 0 Å². The minimum absolute atomic E-state index is 0. The molecule has 3 heterocycles. The molecule has 0 aromatic heterocycles. The highest BCUT2D eigenvalue weighted by molar-refractivity contribution is 5.85. The van der Waals surface area contributed by atoms with Crippen molar-refractivity contribution in [3.8, 4) is 0 Å². The fraction of sp³-hybridized carbons (Fsp3) is 0.889. The molecular weight excluding hydrogens is 354 g/mol. The number of carbonyl (C=O) groups is 2. The van der Waals surface area contributed by atoms with E-state index < -0.39 is 0 Å². The molecule has 0 aromatic carbocycles. The van der Waals surface area contributed by atoms with Gasteiger partial charge in [0.1, 0.15) is 0 Å². The first-order valence-corrected chi connectivity index (χ1v) is 9.98. The van der Waals surface area contributed by atoms with E-state index in [1.165, 1.54) is 0 Å². The van der Waals surface area contributed by atoms with Crippen LogP contribution in [0.4, 0.5) is 4.79 Å². The third kappa shape index (κ3) is 5.99. The number of nitrogens with one attached hydrogen (secondary N) is 2. The normalized spacial score (nSPS) is 24.2. The van der Waals surface area contributed by atoms with Crippen LogP contribution in [0.3, 0.4) is 0 Å². The Labute approximate surface area is 163 Å². The fourth-order valence-corrected chi connectivity index (χ4v) is 4.07. The Bertz CT molecular complexity index is 453. The summed E-state index contributed by atoms with van der Waals surface area (Å²) in [6.07, 6.45) is 5.04. The number of urea groups is 1. The summed E-state index contributed by atoms with van der Waals surface area (Å²) in [4.78, 5) is 31.2. The van der Waals surface area contributed by atoms with Gasteiger partial charge < -0.3 is 25.3 Å². The summed E-state index contributed by atoms with van der Waals surface area (Å²) in [5.74, 6) is 0.0822. The van der Waals surface area contributed by atoms with Gasteiger partial charge in [-0.1, -0.05) is 0 Å². The van der Waals surface area contributed by atoms with Crippen LogP contribution in [-0.4, -0.2) is 92.1 Å². The topological polar surface area (TPSA) is 67.9 Å². The minimum atomic E-state index is -0.0421. The van der Waals surface area contributed by atoms with Crippen LogP contribution < -0.4 is 10.6 Å². The molecule has 1 atom stereocenters. The summed E-state index contributed by atoms with van der Waals surface area (Å²) in [6, 6.07) is 0.133. The highest BCUT2D eigenvalue weighted by atomic mass is 35.5. The van der Waals surface area contributed by atoms with Gasteiger partial charge in [-0.15, -0.1) is 12.4 Å². The molecule has 0 bridgehead atoms. The minimum Gasteiger partial charge on any atom is -0.356 e. The average molecular weight is 388 g/mol. The van der Waals surface area contributed by atoms with Gasteiger partial charge in [0.05, 0.1) is 5.92 Å².